The molecule has 110 valence electrons. The van der Waals surface area contributed by atoms with Crippen molar-refractivity contribution in [3.63, 3.8) is 0 Å². The van der Waals surface area contributed by atoms with E-state index >= 15 is 0 Å². The minimum absolute atomic E-state index is 0.0838. The predicted octanol–water partition coefficient (Wildman–Crippen LogP) is 1.15. The smallest absolute Gasteiger partial charge is 0.407 e. The molecule has 0 aromatic heterocycles. The van der Waals surface area contributed by atoms with Crippen LogP contribution in [0.1, 0.15) is 5.56 Å². The van der Waals surface area contributed by atoms with Gasteiger partial charge in [0.15, 0.2) is 9.84 Å². The van der Waals surface area contributed by atoms with Crippen LogP contribution in [0, 0.1) is 6.92 Å². The number of morpholine rings is 1. The van der Waals surface area contributed by atoms with E-state index in [-0.39, 0.29) is 30.3 Å². The van der Waals surface area contributed by atoms with Gasteiger partial charge in [0.25, 0.3) is 0 Å². The number of nitrogens with zero attached hydrogens (tertiary/aromatic N) is 1. The average Bonchev–Trinajstić information content (AvgIpc) is 2.39. The topological polar surface area (TPSA) is 83.9 Å². The number of sulfone groups is 1. The number of amides is 1. The Bertz CT molecular complexity index is 581. The van der Waals surface area contributed by atoms with Gasteiger partial charge in [-0.05, 0) is 19.1 Å². The summed E-state index contributed by atoms with van der Waals surface area (Å²) in [6.07, 6.45) is -1.67. The van der Waals surface area contributed by atoms with Gasteiger partial charge >= 0.3 is 6.09 Å². The third-order valence-electron chi connectivity index (χ3n) is 3.19. The Morgan fingerprint density at radius 2 is 2.05 bits per heavy atom. The average molecular weight is 299 g/mol. The van der Waals surface area contributed by atoms with Gasteiger partial charge in [0.05, 0.1) is 29.9 Å². The lowest BCUT2D eigenvalue weighted by atomic mass is 10.2. The summed E-state index contributed by atoms with van der Waals surface area (Å²) in [7, 11) is -3.47. The van der Waals surface area contributed by atoms with Crippen molar-refractivity contribution >= 4 is 15.9 Å². The van der Waals surface area contributed by atoms with E-state index in [1.54, 1.807) is 24.3 Å². The maximum absolute atomic E-state index is 12.2. The van der Waals surface area contributed by atoms with E-state index in [0.29, 0.717) is 0 Å². The number of carboxylic acid groups (broad SMARTS) is 1. The number of carbonyl (C=O) groups is 1. The second-order valence-electron chi connectivity index (χ2n) is 4.82. The molecule has 1 unspecified atom stereocenters. The van der Waals surface area contributed by atoms with Crippen LogP contribution in [0.2, 0.25) is 0 Å². The summed E-state index contributed by atoms with van der Waals surface area (Å²) in [5.74, 6) is -0.208. The Balaban J connectivity index is 2.08. The van der Waals surface area contributed by atoms with Crippen molar-refractivity contribution in [2.24, 2.45) is 0 Å². The van der Waals surface area contributed by atoms with E-state index in [1.165, 1.54) is 4.90 Å². The molecule has 1 N–H and O–H groups in total. The zero-order valence-corrected chi connectivity index (χ0v) is 12.0. The quantitative estimate of drug-likeness (QED) is 0.905. The molecule has 20 heavy (non-hydrogen) atoms. The summed E-state index contributed by atoms with van der Waals surface area (Å²) >= 11 is 0. The van der Waals surface area contributed by atoms with Crippen LogP contribution in [-0.2, 0) is 14.6 Å². The summed E-state index contributed by atoms with van der Waals surface area (Å²) < 4.78 is 29.8. The van der Waals surface area contributed by atoms with Crippen LogP contribution in [0.5, 0.6) is 0 Å². The van der Waals surface area contributed by atoms with Crippen LogP contribution in [-0.4, -0.2) is 56.1 Å². The van der Waals surface area contributed by atoms with E-state index in [2.05, 4.69) is 0 Å². The van der Waals surface area contributed by atoms with Crippen molar-refractivity contribution in [3.8, 4) is 0 Å². The molecule has 1 heterocycles. The van der Waals surface area contributed by atoms with Crippen molar-refractivity contribution in [2.75, 3.05) is 25.4 Å². The molecule has 1 saturated heterocycles. The molecule has 6 nitrogen and oxygen atoms in total. The normalized spacial score (nSPS) is 19.9. The van der Waals surface area contributed by atoms with Gasteiger partial charge in [-0.1, -0.05) is 17.7 Å². The Labute approximate surface area is 117 Å². The number of rotatable bonds is 3. The van der Waals surface area contributed by atoms with Crippen LogP contribution in [0.3, 0.4) is 0 Å². The Morgan fingerprint density at radius 3 is 2.65 bits per heavy atom. The number of hydrogen-bond acceptors (Lipinski definition) is 4. The molecule has 1 aliphatic rings. The van der Waals surface area contributed by atoms with Gasteiger partial charge in [0.1, 0.15) is 0 Å². The maximum Gasteiger partial charge on any atom is 0.407 e. The fraction of sp³-hybridized carbons (Fsp3) is 0.462. The second kappa shape index (κ2) is 5.80. The lowest BCUT2D eigenvalue weighted by Crippen LogP contribution is -2.47. The molecule has 1 amide bonds. The van der Waals surface area contributed by atoms with E-state index in [9.17, 15) is 13.2 Å². The third-order valence-corrected chi connectivity index (χ3v) is 5.00. The molecule has 1 fully saturated rings. The standard InChI is InChI=1S/C13H17NO5S/c1-10-2-4-12(5-3-10)20(17,18)9-11-8-14(13(15)16)6-7-19-11/h2-5,11H,6-9H2,1H3,(H,15,16). The first kappa shape index (κ1) is 14.8. The van der Waals surface area contributed by atoms with E-state index in [0.717, 1.165) is 5.56 Å². The van der Waals surface area contributed by atoms with E-state index < -0.39 is 22.0 Å². The number of benzene rings is 1. The second-order valence-corrected chi connectivity index (χ2v) is 6.85. The molecule has 0 saturated carbocycles. The first-order valence-corrected chi connectivity index (χ1v) is 7.92. The highest BCUT2D eigenvalue weighted by atomic mass is 32.2. The Kier molecular flexibility index (Phi) is 4.29. The summed E-state index contributed by atoms with van der Waals surface area (Å²) in [5, 5.41) is 8.92. The molecule has 0 bridgehead atoms. The molecule has 0 spiro atoms. The first-order valence-electron chi connectivity index (χ1n) is 6.27. The number of ether oxygens (including phenoxy) is 1. The monoisotopic (exact) mass is 299 g/mol. The minimum atomic E-state index is -3.47. The van der Waals surface area contributed by atoms with Crippen molar-refractivity contribution in [3.05, 3.63) is 29.8 Å². The van der Waals surface area contributed by atoms with Gasteiger partial charge in [0.2, 0.25) is 0 Å². The van der Waals surface area contributed by atoms with Crippen LogP contribution < -0.4 is 0 Å². The first-order chi connectivity index (χ1) is 9.38. The molecule has 0 radical (unpaired) electrons. The Morgan fingerprint density at radius 1 is 1.40 bits per heavy atom. The fourth-order valence-corrected chi connectivity index (χ4v) is 3.51. The molecule has 1 aliphatic heterocycles. The highest BCUT2D eigenvalue weighted by Gasteiger charge is 2.28. The van der Waals surface area contributed by atoms with Crippen molar-refractivity contribution in [1.82, 2.24) is 4.90 Å². The van der Waals surface area contributed by atoms with Gasteiger partial charge in [-0.15, -0.1) is 0 Å². The zero-order chi connectivity index (χ0) is 14.8. The Hall–Kier alpha value is -1.60. The molecule has 1 atom stereocenters. The van der Waals surface area contributed by atoms with Crippen LogP contribution in [0.4, 0.5) is 4.79 Å². The molecule has 1 aromatic carbocycles. The van der Waals surface area contributed by atoms with Crippen molar-refractivity contribution < 1.29 is 23.1 Å². The van der Waals surface area contributed by atoms with Crippen LogP contribution in [0.25, 0.3) is 0 Å². The summed E-state index contributed by atoms with van der Waals surface area (Å²) in [6, 6.07) is 6.58. The van der Waals surface area contributed by atoms with Crippen molar-refractivity contribution in [2.45, 2.75) is 17.9 Å². The summed E-state index contributed by atoms with van der Waals surface area (Å²) in [6.45, 7) is 2.46. The van der Waals surface area contributed by atoms with Crippen molar-refractivity contribution in [1.29, 1.82) is 0 Å². The summed E-state index contributed by atoms with van der Waals surface area (Å²) in [4.78, 5) is 12.3. The highest BCUT2D eigenvalue weighted by Crippen LogP contribution is 2.16. The van der Waals surface area contributed by atoms with Gasteiger partial charge in [0, 0.05) is 6.54 Å². The number of hydrogen-bond donors (Lipinski definition) is 1. The van der Waals surface area contributed by atoms with Crippen LogP contribution >= 0.6 is 0 Å². The zero-order valence-electron chi connectivity index (χ0n) is 11.2. The van der Waals surface area contributed by atoms with Gasteiger partial charge < -0.3 is 14.7 Å². The maximum atomic E-state index is 12.2. The lowest BCUT2D eigenvalue weighted by Gasteiger charge is -2.30. The molecular weight excluding hydrogens is 282 g/mol. The van der Waals surface area contributed by atoms with E-state index in [1.807, 2.05) is 6.92 Å². The molecule has 7 heteroatoms. The fourth-order valence-electron chi connectivity index (χ4n) is 2.08. The summed E-state index contributed by atoms with van der Waals surface area (Å²) in [5.41, 5.74) is 0.981. The van der Waals surface area contributed by atoms with E-state index in [4.69, 9.17) is 9.84 Å². The SMILES string of the molecule is Cc1ccc(S(=O)(=O)CC2CN(C(=O)O)CCO2)cc1. The minimum Gasteiger partial charge on any atom is -0.465 e. The molecule has 1 aromatic rings. The third kappa shape index (κ3) is 3.49. The number of aryl methyl sites for hydroxylation is 1. The largest absolute Gasteiger partial charge is 0.465 e. The highest BCUT2D eigenvalue weighted by molar-refractivity contribution is 7.91. The van der Waals surface area contributed by atoms with Gasteiger partial charge in [-0.2, -0.15) is 0 Å². The molecule has 0 aliphatic carbocycles. The van der Waals surface area contributed by atoms with Gasteiger partial charge in [-0.3, -0.25) is 0 Å². The molecular formula is C13H17NO5S. The lowest BCUT2D eigenvalue weighted by molar-refractivity contribution is -0.0103. The van der Waals surface area contributed by atoms with Crippen LogP contribution in [0.15, 0.2) is 29.2 Å². The predicted molar refractivity (Wildman–Crippen MR) is 72.6 cm³/mol. The van der Waals surface area contributed by atoms with Gasteiger partial charge in [-0.25, -0.2) is 13.2 Å². The molecule has 2 rings (SSSR count).